The van der Waals surface area contributed by atoms with E-state index in [1.807, 2.05) is 0 Å². The minimum atomic E-state index is -1.27. The van der Waals surface area contributed by atoms with Crippen molar-refractivity contribution in [2.24, 2.45) is 0 Å². The van der Waals surface area contributed by atoms with E-state index in [-0.39, 0.29) is 11.3 Å². The highest BCUT2D eigenvalue weighted by atomic mass is 16.6. The molecule has 0 bridgehead atoms. The summed E-state index contributed by atoms with van der Waals surface area (Å²) in [4.78, 5) is 48.0. The number of imide groups is 1. The van der Waals surface area contributed by atoms with Gasteiger partial charge in [0.05, 0.1) is 10.5 Å². The van der Waals surface area contributed by atoms with E-state index in [1.54, 1.807) is 43.3 Å². The molecule has 0 spiro atoms. The summed E-state index contributed by atoms with van der Waals surface area (Å²) < 4.78 is 0. The van der Waals surface area contributed by atoms with Crippen LogP contribution in [-0.4, -0.2) is 27.8 Å². The van der Waals surface area contributed by atoms with Crippen molar-refractivity contribution in [3.8, 4) is 0 Å². The summed E-state index contributed by atoms with van der Waals surface area (Å²) in [5.41, 5.74) is 1.62. The first kappa shape index (κ1) is 19.7. The van der Waals surface area contributed by atoms with Gasteiger partial charge in [-0.3, -0.25) is 25.1 Å². The molecule has 0 unspecified atom stereocenters. The minimum Gasteiger partial charge on any atom is -0.318 e. The molecule has 9 nitrogen and oxygen atoms in total. The highest BCUT2D eigenvalue weighted by molar-refractivity contribution is 6.09. The number of hydrogen-bond donors (Lipinski definition) is 2. The van der Waals surface area contributed by atoms with Crippen LogP contribution in [0.4, 0.5) is 10.5 Å². The summed E-state index contributed by atoms with van der Waals surface area (Å²) in [6, 6.07) is 13.9. The summed E-state index contributed by atoms with van der Waals surface area (Å²) in [6.45, 7) is 1.75. The smallest absolute Gasteiger partial charge is 0.318 e. The standard InChI is InChI=1S/C20H18N4O5/c1-2-20(15-9-4-3-5-10-15)18(26)23(19(27)21-20)22-17(25)13-12-14-8-6-7-11-16(14)24(28)29/h3-13H,2H2,1H3,(H,21,27)(H,22,25)/b13-12+/t20-/m1/s1. The third kappa shape index (κ3) is 3.70. The van der Waals surface area contributed by atoms with Gasteiger partial charge >= 0.3 is 6.03 Å². The number of nitrogens with zero attached hydrogens (tertiary/aromatic N) is 2. The number of hydrazine groups is 1. The molecule has 2 N–H and O–H groups in total. The minimum absolute atomic E-state index is 0.166. The molecule has 1 atom stereocenters. The summed E-state index contributed by atoms with van der Waals surface area (Å²) in [5, 5.41) is 14.3. The zero-order valence-corrected chi connectivity index (χ0v) is 15.5. The predicted molar refractivity (Wildman–Crippen MR) is 104 cm³/mol. The molecular weight excluding hydrogens is 376 g/mol. The molecule has 2 aromatic carbocycles. The van der Waals surface area contributed by atoms with E-state index in [2.05, 4.69) is 10.7 Å². The Labute approximate surface area is 166 Å². The second-order valence-electron chi connectivity index (χ2n) is 6.32. The molecule has 0 saturated carbocycles. The first-order valence-corrected chi connectivity index (χ1v) is 8.83. The van der Waals surface area contributed by atoms with Crippen molar-refractivity contribution >= 4 is 29.6 Å². The van der Waals surface area contributed by atoms with Crippen molar-refractivity contribution in [1.82, 2.24) is 15.8 Å². The molecule has 3 rings (SSSR count). The Hall–Kier alpha value is -4.01. The van der Waals surface area contributed by atoms with Crippen LogP contribution in [0.15, 0.2) is 60.7 Å². The predicted octanol–water partition coefficient (Wildman–Crippen LogP) is 2.50. The topological polar surface area (TPSA) is 122 Å². The fourth-order valence-electron chi connectivity index (χ4n) is 3.15. The molecule has 1 heterocycles. The molecule has 1 aliphatic rings. The van der Waals surface area contributed by atoms with Gasteiger partial charge in [-0.2, -0.15) is 5.01 Å². The van der Waals surface area contributed by atoms with Gasteiger partial charge in [0.1, 0.15) is 5.54 Å². The van der Waals surface area contributed by atoms with Crippen molar-refractivity contribution in [1.29, 1.82) is 0 Å². The Kier molecular flexibility index (Phi) is 5.40. The number of nitrogens with one attached hydrogen (secondary N) is 2. The Morgan fingerprint density at radius 1 is 1.17 bits per heavy atom. The SMILES string of the molecule is CC[C@]1(c2ccccc2)NC(=O)N(NC(=O)/C=C/c2ccccc2[N+](=O)[O-])C1=O. The Morgan fingerprint density at radius 3 is 2.48 bits per heavy atom. The van der Waals surface area contributed by atoms with Gasteiger partial charge in [-0.05, 0) is 24.1 Å². The van der Waals surface area contributed by atoms with Crippen LogP contribution < -0.4 is 10.7 Å². The van der Waals surface area contributed by atoms with E-state index in [0.717, 1.165) is 6.08 Å². The van der Waals surface area contributed by atoms with Crippen molar-refractivity contribution in [2.75, 3.05) is 0 Å². The van der Waals surface area contributed by atoms with E-state index in [9.17, 15) is 24.5 Å². The van der Waals surface area contributed by atoms with Crippen LogP contribution in [0.25, 0.3) is 6.08 Å². The number of nitro benzene ring substituents is 1. The number of amides is 4. The van der Waals surface area contributed by atoms with Crippen molar-refractivity contribution in [2.45, 2.75) is 18.9 Å². The van der Waals surface area contributed by atoms with Crippen LogP contribution in [-0.2, 0) is 15.1 Å². The van der Waals surface area contributed by atoms with Crippen LogP contribution in [0.2, 0.25) is 0 Å². The average molecular weight is 394 g/mol. The Bertz CT molecular complexity index is 1000. The van der Waals surface area contributed by atoms with Gasteiger partial charge in [0.25, 0.3) is 17.5 Å². The molecule has 0 aromatic heterocycles. The molecule has 4 amide bonds. The number of carbonyl (C=O) groups excluding carboxylic acids is 3. The largest absolute Gasteiger partial charge is 0.344 e. The third-order valence-corrected chi connectivity index (χ3v) is 4.66. The zero-order valence-electron chi connectivity index (χ0n) is 15.5. The van der Waals surface area contributed by atoms with E-state index in [4.69, 9.17) is 0 Å². The third-order valence-electron chi connectivity index (χ3n) is 4.66. The number of rotatable bonds is 6. The van der Waals surface area contributed by atoms with Gasteiger partial charge in [-0.1, -0.05) is 49.4 Å². The quantitative estimate of drug-likeness (QED) is 0.337. The summed E-state index contributed by atoms with van der Waals surface area (Å²) in [5.74, 6) is -1.38. The number of nitro groups is 1. The normalized spacial score (nSPS) is 18.7. The maximum absolute atomic E-state index is 12.9. The number of hydrogen-bond acceptors (Lipinski definition) is 5. The Morgan fingerprint density at radius 2 is 1.83 bits per heavy atom. The first-order valence-electron chi connectivity index (χ1n) is 8.83. The molecule has 1 fully saturated rings. The van der Waals surface area contributed by atoms with Gasteiger partial charge < -0.3 is 5.32 Å². The number of para-hydroxylation sites is 1. The average Bonchev–Trinajstić information content (AvgIpc) is 2.98. The van der Waals surface area contributed by atoms with E-state index < -0.39 is 28.3 Å². The molecule has 29 heavy (non-hydrogen) atoms. The molecule has 0 radical (unpaired) electrons. The Balaban J connectivity index is 1.79. The lowest BCUT2D eigenvalue weighted by Crippen LogP contribution is -2.48. The molecule has 1 aliphatic heterocycles. The zero-order chi connectivity index (χ0) is 21.0. The van der Waals surface area contributed by atoms with Crippen LogP contribution in [0.5, 0.6) is 0 Å². The summed E-state index contributed by atoms with van der Waals surface area (Å²) >= 11 is 0. The molecule has 1 saturated heterocycles. The molecular formula is C20H18N4O5. The number of carbonyl (C=O) groups is 3. The van der Waals surface area contributed by atoms with E-state index in [0.29, 0.717) is 17.0 Å². The second kappa shape index (κ2) is 7.93. The van der Waals surface area contributed by atoms with Gasteiger partial charge in [0.15, 0.2) is 0 Å². The van der Waals surface area contributed by atoms with Crippen LogP contribution in [0, 0.1) is 10.1 Å². The monoisotopic (exact) mass is 394 g/mol. The second-order valence-corrected chi connectivity index (χ2v) is 6.32. The van der Waals surface area contributed by atoms with Crippen LogP contribution in [0.3, 0.4) is 0 Å². The van der Waals surface area contributed by atoms with Crippen molar-refractivity contribution in [3.63, 3.8) is 0 Å². The summed E-state index contributed by atoms with van der Waals surface area (Å²) in [7, 11) is 0. The molecule has 0 aliphatic carbocycles. The lowest BCUT2D eigenvalue weighted by atomic mass is 9.87. The van der Waals surface area contributed by atoms with Crippen LogP contribution in [0.1, 0.15) is 24.5 Å². The fraction of sp³-hybridized carbons (Fsp3) is 0.150. The highest BCUT2D eigenvalue weighted by Gasteiger charge is 2.52. The fourth-order valence-corrected chi connectivity index (χ4v) is 3.15. The van der Waals surface area contributed by atoms with Gasteiger partial charge in [0, 0.05) is 12.1 Å². The number of urea groups is 1. The van der Waals surface area contributed by atoms with Gasteiger partial charge in [-0.25, -0.2) is 4.79 Å². The first-order chi connectivity index (χ1) is 13.9. The van der Waals surface area contributed by atoms with Crippen molar-refractivity contribution < 1.29 is 19.3 Å². The lowest BCUT2D eigenvalue weighted by molar-refractivity contribution is -0.385. The maximum Gasteiger partial charge on any atom is 0.344 e. The molecule has 2 aromatic rings. The summed E-state index contributed by atoms with van der Waals surface area (Å²) in [6.07, 6.45) is 2.56. The number of benzene rings is 2. The maximum atomic E-state index is 12.9. The lowest BCUT2D eigenvalue weighted by Gasteiger charge is -2.25. The van der Waals surface area contributed by atoms with E-state index in [1.165, 1.54) is 24.3 Å². The van der Waals surface area contributed by atoms with Crippen molar-refractivity contribution in [3.05, 3.63) is 81.9 Å². The van der Waals surface area contributed by atoms with Gasteiger partial charge in [-0.15, -0.1) is 0 Å². The van der Waals surface area contributed by atoms with E-state index >= 15 is 0 Å². The molecule has 9 heteroatoms. The molecule has 148 valence electrons. The highest BCUT2D eigenvalue weighted by Crippen LogP contribution is 2.31. The van der Waals surface area contributed by atoms with Gasteiger partial charge in [0.2, 0.25) is 0 Å². The van der Waals surface area contributed by atoms with Crippen LogP contribution >= 0.6 is 0 Å².